The highest BCUT2D eigenvalue weighted by molar-refractivity contribution is 5.89. The van der Waals surface area contributed by atoms with Crippen molar-refractivity contribution in [3.05, 3.63) is 24.5 Å². The molecule has 0 aromatic carbocycles. The lowest BCUT2D eigenvalue weighted by Gasteiger charge is -2.25. The zero-order valence-electron chi connectivity index (χ0n) is 9.30. The molecule has 0 fully saturated rings. The van der Waals surface area contributed by atoms with E-state index >= 15 is 0 Å². The molecule has 0 radical (unpaired) electrons. The molecule has 96 valence electrons. The van der Waals surface area contributed by atoms with Crippen molar-refractivity contribution in [1.82, 2.24) is 0 Å². The highest BCUT2D eigenvalue weighted by Crippen LogP contribution is 2.11. The molecule has 6 heteroatoms. The molecule has 0 saturated carbocycles. The average molecular weight is 244 g/mol. The number of hydrogen-bond acceptors (Lipinski definition) is 6. The molecule has 1 aliphatic rings. The van der Waals surface area contributed by atoms with Crippen LogP contribution in [0.5, 0.6) is 0 Å². The number of Topliss-reactive ketones (excluding diaryl/α,β-unsaturated/α-hetero) is 1. The van der Waals surface area contributed by atoms with Crippen molar-refractivity contribution in [1.29, 1.82) is 0 Å². The molecule has 0 aliphatic carbocycles. The third-order valence-electron chi connectivity index (χ3n) is 2.44. The third-order valence-corrected chi connectivity index (χ3v) is 2.44. The lowest BCUT2D eigenvalue weighted by atomic mass is 9.98. The van der Waals surface area contributed by atoms with Crippen LogP contribution in [-0.2, 0) is 9.53 Å². The molecule has 1 rings (SSSR count). The van der Waals surface area contributed by atoms with Crippen LogP contribution in [0.1, 0.15) is 6.92 Å². The summed E-state index contributed by atoms with van der Waals surface area (Å²) in [6.45, 7) is 1.24. The van der Waals surface area contributed by atoms with E-state index in [1.807, 2.05) is 0 Å². The molecule has 1 heterocycles. The number of carbonyl (C=O) groups excluding carboxylic acids is 1. The molecule has 6 nitrogen and oxygen atoms in total. The van der Waals surface area contributed by atoms with Crippen molar-refractivity contribution >= 4 is 5.78 Å². The standard InChI is InChI=1S/C11H16O6/c1-6(12)8(13)10(15)11(16)9(14)7-4-2-3-5-17-7/h2-8,10-13,15-16H,1H3/t6-,7?,8+,10+,11+/m0/s1. The van der Waals surface area contributed by atoms with Crippen molar-refractivity contribution in [2.75, 3.05) is 0 Å². The van der Waals surface area contributed by atoms with Gasteiger partial charge in [-0.05, 0) is 19.1 Å². The minimum atomic E-state index is -1.82. The van der Waals surface area contributed by atoms with E-state index in [9.17, 15) is 20.1 Å². The van der Waals surface area contributed by atoms with Gasteiger partial charge in [0.2, 0.25) is 5.78 Å². The molecule has 0 aromatic rings. The number of aliphatic hydroxyl groups is 4. The number of ketones is 1. The Morgan fingerprint density at radius 2 is 1.82 bits per heavy atom. The zero-order chi connectivity index (χ0) is 13.0. The fourth-order valence-electron chi connectivity index (χ4n) is 1.36. The Bertz CT molecular complexity index is 322. The van der Waals surface area contributed by atoms with Gasteiger partial charge in [0.1, 0.15) is 18.3 Å². The van der Waals surface area contributed by atoms with Crippen LogP contribution in [0.15, 0.2) is 24.5 Å². The van der Waals surface area contributed by atoms with Crippen molar-refractivity contribution < 1.29 is 30.0 Å². The van der Waals surface area contributed by atoms with Crippen LogP contribution in [0.25, 0.3) is 0 Å². The van der Waals surface area contributed by atoms with Gasteiger partial charge in [-0.25, -0.2) is 0 Å². The van der Waals surface area contributed by atoms with Crippen LogP contribution in [0.2, 0.25) is 0 Å². The molecule has 0 bridgehead atoms. The number of allylic oxidation sites excluding steroid dienone is 2. The first-order valence-electron chi connectivity index (χ1n) is 5.20. The van der Waals surface area contributed by atoms with Crippen molar-refractivity contribution in [2.45, 2.75) is 37.4 Å². The molecule has 0 aromatic heterocycles. The lowest BCUT2D eigenvalue weighted by molar-refractivity contribution is -0.149. The van der Waals surface area contributed by atoms with Gasteiger partial charge in [0, 0.05) is 0 Å². The van der Waals surface area contributed by atoms with Gasteiger partial charge in [0.05, 0.1) is 12.4 Å². The maximum absolute atomic E-state index is 11.7. The lowest BCUT2D eigenvalue weighted by Crippen LogP contribution is -2.49. The van der Waals surface area contributed by atoms with Crippen LogP contribution in [0, 0.1) is 0 Å². The van der Waals surface area contributed by atoms with Crippen molar-refractivity contribution in [3.8, 4) is 0 Å². The third kappa shape index (κ3) is 3.37. The van der Waals surface area contributed by atoms with E-state index in [2.05, 4.69) is 0 Å². The second kappa shape index (κ2) is 5.92. The average Bonchev–Trinajstić information content (AvgIpc) is 2.36. The van der Waals surface area contributed by atoms with E-state index in [-0.39, 0.29) is 0 Å². The second-order valence-electron chi connectivity index (χ2n) is 3.84. The molecule has 1 aliphatic heterocycles. The first-order chi connectivity index (χ1) is 7.95. The van der Waals surface area contributed by atoms with Crippen LogP contribution in [-0.4, -0.2) is 56.7 Å². The van der Waals surface area contributed by atoms with Gasteiger partial charge < -0.3 is 25.2 Å². The summed E-state index contributed by atoms with van der Waals surface area (Å²) in [5.74, 6) is -0.780. The molecular weight excluding hydrogens is 228 g/mol. The topological polar surface area (TPSA) is 107 Å². The Balaban J connectivity index is 2.62. The van der Waals surface area contributed by atoms with Gasteiger partial charge in [-0.15, -0.1) is 0 Å². The summed E-state index contributed by atoms with van der Waals surface area (Å²) in [7, 11) is 0. The quantitative estimate of drug-likeness (QED) is 0.468. The second-order valence-corrected chi connectivity index (χ2v) is 3.84. The summed E-state index contributed by atoms with van der Waals surface area (Å²) in [5.41, 5.74) is 0. The van der Waals surface area contributed by atoms with Gasteiger partial charge >= 0.3 is 0 Å². The van der Waals surface area contributed by atoms with E-state index in [1.54, 1.807) is 12.2 Å². The first kappa shape index (κ1) is 13.9. The van der Waals surface area contributed by atoms with Crippen LogP contribution in [0.3, 0.4) is 0 Å². The molecule has 1 unspecified atom stereocenters. The summed E-state index contributed by atoms with van der Waals surface area (Å²) >= 11 is 0. The smallest absolute Gasteiger partial charge is 0.208 e. The predicted octanol–water partition coefficient (Wildman–Crippen LogP) is -1.51. The summed E-state index contributed by atoms with van der Waals surface area (Å²) in [4.78, 5) is 11.7. The Labute approximate surface area is 98.5 Å². The Morgan fingerprint density at radius 1 is 1.18 bits per heavy atom. The number of hydrogen-bond donors (Lipinski definition) is 4. The maximum Gasteiger partial charge on any atom is 0.208 e. The van der Waals surface area contributed by atoms with Gasteiger partial charge in [0.25, 0.3) is 0 Å². The summed E-state index contributed by atoms with van der Waals surface area (Å²) in [6.07, 6.45) is -1.60. The van der Waals surface area contributed by atoms with E-state index < -0.39 is 36.3 Å². The molecule has 17 heavy (non-hydrogen) atoms. The first-order valence-corrected chi connectivity index (χ1v) is 5.20. The number of aliphatic hydroxyl groups excluding tert-OH is 4. The molecule has 0 saturated heterocycles. The van der Waals surface area contributed by atoms with Crippen molar-refractivity contribution in [3.63, 3.8) is 0 Å². The maximum atomic E-state index is 11.7. The van der Waals surface area contributed by atoms with Gasteiger partial charge in [-0.1, -0.05) is 6.08 Å². The van der Waals surface area contributed by atoms with Crippen LogP contribution in [0.4, 0.5) is 0 Å². The number of rotatable bonds is 5. The predicted molar refractivity (Wildman–Crippen MR) is 57.9 cm³/mol. The van der Waals surface area contributed by atoms with Gasteiger partial charge in [0.15, 0.2) is 6.10 Å². The molecule has 5 atom stereocenters. The zero-order valence-corrected chi connectivity index (χ0v) is 9.30. The number of carbonyl (C=O) groups is 1. The normalized spacial score (nSPS) is 25.8. The molecule has 0 spiro atoms. The molecule has 4 N–H and O–H groups in total. The largest absolute Gasteiger partial charge is 0.486 e. The fourth-order valence-corrected chi connectivity index (χ4v) is 1.36. The fraction of sp³-hybridized carbons (Fsp3) is 0.545. The SMILES string of the molecule is C[C@H](O)[C@@H](O)[C@@H](O)[C@H](O)C(=O)C1C=CC=CO1. The monoisotopic (exact) mass is 244 g/mol. The molecular formula is C11H16O6. The molecule has 0 amide bonds. The van der Waals surface area contributed by atoms with E-state index in [4.69, 9.17) is 9.84 Å². The van der Waals surface area contributed by atoms with Crippen LogP contribution < -0.4 is 0 Å². The van der Waals surface area contributed by atoms with Crippen LogP contribution >= 0.6 is 0 Å². The van der Waals surface area contributed by atoms with Gasteiger partial charge in [-0.2, -0.15) is 0 Å². The number of ether oxygens (including phenoxy) is 1. The van der Waals surface area contributed by atoms with E-state index in [0.717, 1.165) is 0 Å². The minimum Gasteiger partial charge on any atom is -0.486 e. The van der Waals surface area contributed by atoms with Crippen molar-refractivity contribution in [2.24, 2.45) is 0 Å². The minimum absolute atomic E-state index is 0.780. The Hall–Kier alpha value is -1.21. The Kier molecular flexibility index (Phi) is 4.83. The summed E-state index contributed by atoms with van der Waals surface area (Å²) < 4.78 is 4.92. The Morgan fingerprint density at radius 3 is 2.29 bits per heavy atom. The summed E-state index contributed by atoms with van der Waals surface area (Å²) in [6, 6.07) is 0. The summed E-state index contributed by atoms with van der Waals surface area (Å²) in [5, 5.41) is 37.4. The highest BCUT2D eigenvalue weighted by Gasteiger charge is 2.36. The van der Waals surface area contributed by atoms with E-state index in [1.165, 1.54) is 19.3 Å². The van der Waals surface area contributed by atoms with E-state index in [0.29, 0.717) is 0 Å². The van der Waals surface area contributed by atoms with Gasteiger partial charge in [-0.3, -0.25) is 4.79 Å². The highest BCUT2D eigenvalue weighted by atomic mass is 16.5.